The van der Waals surface area contributed by atoms with Crippen LogP contribution in [0.2, 0.25) is 6.04 Å². The van der Waals surface area contributed by atoms with Crippen molar-refractivity contribution in [1.82, 2.24) is 0 Å². The number of carboxylic acid groups (broad SMARTS) is 1. The van der Waals surface area contributed by atoms with Crippen LogP contribution in [0.3, 0.4) is 0 Å². The summed E-state index contributed by atoms with van der Waals surface area (Å²) in [6.07, 6.45) is 0.673. The summed E-state index contributed by atoms with van der Waals surface area (Å²) >= 11 is 0. The van der Waals surface area contributed by atoms with E-state index in [-0.39, 0.29) is 19.6 Å². The monoisotopic (exact) mass is 483 g/mol. The molecule has 0 aliphatic rings. The van der Waals surface area contributed by atoms with Gasteiger partial charge in [-0.3, -0.25) is 14.4 Å². The molecule has 10 heteroatoms. The minimum atomic E-state index is -1.46. The Kier molecular flexibility index (Phi) is 12.9. The molecule has 0 heterocycles. The molecule has 0 fully saturated rings. The molecule has 1 unspecified atom stereocenters. The lowest BCUT2D eigenvalue weighted by molar-refractivity contribution is -0.153. The maximum Gasteiger partial charge on any atom is 0.643 e. The van der Waals surface area contributed by atoms with Crippen LogP contribution < -0.4 is 4.74 Å². The van der Waals surface area contributed by atoms with Gasteiger partial charge in [-0.15, -0.1) is 0 Å². The molecule has 1 atom stereocenters. The number of hydrogen-bond acceptors (Lipinski definition) is 8. The van der Waals surface area contributed by atoms with Gasteiger partial charge < -0.3 is 19.7 Å². The van der Waals surface area contributed by atoms with Gasteiger partial charge in [0, 0.05) is 5.56 Å². The number of hydrogen-bond donors (Lipinski definition) is 2. The van der Waals surface area contributed by atoms with E-state index in [1.165, 1.54) is 13.8 Å². The number of ketones is 1. The van der Waals surface area contributed by atoms with Gasteiger partial charge in [-0.1, -0.05) is 0 Å². The summed E-state index contributed by atoms with van der Waals surface area (Å²) < 4.78 is 21.9. The first kappa shape index (κ1) is 28.8. The van der Waals surface area contributed by atoms with E-state index >= 15 is 0 Å². The predicted molar refractivity (Wildman–Crippen MR) is 122 cm³/mol. The summed E-state index contributed by atoms with van der Waals surface area (Å²) in [5, 5.41) is 18.9. The van der Waals surface area contributed by atoms with Crippen molar-refractivity contribution < 1.29 is 42.9 Å². The average molecular weight is 484 g/mol. The average Bonchev–Trinajstić information content (AvgIpc) is 2.75. The third kappa shape index (κ3) is 11.4. The molecule has 9 nitrogen and oxygen atoms in total. The summed E-state index contributed by atoms with van der Waals surface area (Å²) in [7, 11) is -1.42. The third-order valence-corrected chi connectivity index (χ3v) is 6.55. The van der Waals surface area contributed by atoms with Gasteiger partial charge in [0.2, 0.25) is 0 Å². The second-order valence-electron chi connectivity index (χ2n) is 7.85. The van der Waals surface area contributed by atoms with E-state index < -0.39 is 38.5 Å². The number of ether oxygens (including phenoxy) is 2. The first-order chi connectivity index (χ1) is 15.6. The lowest BCUT2D eigenvalue weighted by atomic mass is 9.97. The molecule has 1 rings (SSSR count). The molecule has 0 saturated carbocycles. The summed E-state index contributed by atoms with van der Waals surface area (Å²) in [5.74, 6) is -2.31. The molecule has 0 spiro atoms. The number of carbonyl (C=O) groups excluding carboxylic acids is 2. The van der Waals surface area contributed by atoms with Crippen LogP contribution in [0.15, 0.2) is 24.3 Å². The number of carboxylic acids is 1. The Bertz CT molecular complexity index is 737. The van der Waals surface area contributed by atoms with Gasteiger partial charge in [0.15, 0.2) is 5.78 Å². The number of esters is 1. The van der Waals surface area contributed by atoms with Gasteiger partial charge in [0.05, 0.1) is 25.6 Å². The maximum absolute atomic E-state index is 12.4. The van der Waals surface area contributed by atoms with Crippen LogP contribution in [0.5, 0.6) is 5.75 Å². The number of aliphatic carboxylic acids is 1. The summed E-state index contributed by atoms with van der Waals surface area (Å²) in [4.78, 5) is 35.6. The minimum absolute atomic E-state index is 0.0355. The van der Waals surface area contributed by atoms with Crippen molar-refractivity contribution in [3.05, 3.63) is 29.8 Å². The summed E-state index contributed by atoms with van der Waals surface area (Å²) in [6.45, 7) is 7.76. The van der Waals surface area contributed by atoms with E-state index in [9.17, 15) is 19.5 Å². The second-order valence-corrected chi connectivity index (χ2v) is 9.67. The first-order valence-electron chi connectivity index (χ1n) is 11.1. The fourth-order valence-electron chi connectivity index (χ4n) is 2.99. The largest absolute Gasteiger partial charge is 0.643 e. The summed E-state index contributed by atoms with van der Waals surface area (Å²) in [5.41, 5.74) is -1.10. The lowest BCUT2D eigenvalue weighted by Crippen LogP contribution is -2.30. The van der Waals surface area contributed by atoms with Gasteiger partial charge in [-0.2, -0.15) is 0 Å². The van der Waals surface area contributed by atoms with Crippen LogP contribution in [0.1, 0.15) is 57.3 Å². The molecule has 0 bridgehead atoms. The second kappa shape index (κ2) is 14.8. The van der Waals surface area contributed by atoms with Crippen LogP contribution in [0, 0.1) is 5.92 Å². The Labute approximate surface area is 196 Å². The van der Waals surface area contributed by atoms with E-state index in [2.05, 4.69) is 0 Å². The molecule has 184 valence electrons. The van der Waals surface area contributed by atoms with Crippen LogP contribution in [-0.4, -0.2) is 69.2 Å². The fraction of sp³-hybridized carbons (Fsp3) is 0.609. The first-order valence-corrected chi connectivity index (χ1v) is 12.6. The zero-order valence-electron chi connectivity index (χ0n) is 19.8. The molecular weight excluding hydrogens is 448 g/mol. The van der Waals surface area contributed by atoms with Gasteiger partial charge in [-0.05, 0) is 64.8 Å². The molecular formula is C23H35O9Si+. The Morgan fingerprint density at radius 1 is 1.03 bits per heavy atom. The highest BCUT2D eigenvalue weighted by Gasteiger charge is 2.32. The normalized spacial score (nSPS) is 12.2. The zero-order valence-corrected chi connectivity index (χ0v) is 20.8. The molecule has 0 amide bonds. The molecule has 0 saturated heterocycles. The maximum atomic E-state index is 12.4. The number of Topliss-reactive ketones (excluding diaryl/α,β-unsaturated/α-hetero) is 1. The zero-order chi connectivity index (χ0) is 24.9. The molecule has 0 aliphatic carbocycles. The van der Waals surface area contributed by atoms with Crippen molar-refractivity contribution in [1.29, 1.82) is 0 Å². The van der Waals surface area contributed by atoms with E-state index in [1.807, 2.05) is 13.8 Å². The number of rotatable bonds is 17. The van der Waals surface area contributed by atoms with Gasteiger partial charge in [0.25, 0.3) is 0 Å². The third-order valence-electron chi connectivity index (χ3n) is 4.57. The Morgan fingerprint density at radius 2 is 1.64 bits per heavy atom. The molecule has 0 aliphatic heterocycles. The van der Waals surface area contributed by atoms with Crippen LogP contribution in [-0.2, 0) is 23.2 Å². The molecule has 33 heavy (non-hydrogen) atoms. The molecule has 2 N–H and O–H groups in total. The van der Waals surface area contributed by atoms with Crippen LogP contribution >= 0.6 is 0 Å². The van der Waals surface area contributed by atoms with Crippen LogP contribution in [0.25, 0.3) is 0 Å². The van der Waals surface area contributed by atoms with E-state index in [4.69, 9.17) is 23.4 Å². The molecule has 1 aromatic rings. The van der Waals surface area contributed by atoms with Gasteiger partial charge in [-0.25, -0.2) is 8.85 Å². The Morgan fingerprint density at radius 3 is 2.15 bits per heavy atom. The van der Waals surface area contributed by atoms with Crippen LogP contribution in [0.4, 0.5) is 0 Å². The number of benzene rings is 1. The molecule has 0 aromatic heterocycles. The van der Waals surface area contributed by atoms with E-state index in [0.717, 1.165) is 0 Å². The highest BCUT2D eigenvalue weighted by Crippen LogP contribution is 2.19. The quantitative estimate of drug-likeness (QED) is 0.149. The van der Waals surface area contributed by atoms with Gasteiger partial charge in [0.1, 0.15) is 30.6 Å². The van der Waals surface area contributed by atoms with Crippen molar-refractivity contribution in [2.75, 3.05) is 26.4 Å². The Balaban J connectivity index is 2.47. The Hall–Kier alpha value is -2.27. The van der Waals surface area contributed by atoms with Crippen molar-refractivity contribution in [3.8, 4) is 5.75 Å². The van der Waals surface area contributed by atoms with Crippen molar-refractivity contribution >= 4 is 27.0 Å². The minimum Gasteiger partial charge on any atom is -0.490 e. The molecule has 1 aromatic carbocycles. The lowest BCUT2D eigenvalue weighted by Gasteiger charge is -2.16. The van der Waals surface area contributed by atoms with Crippen molar-refractivity contribution in [2.24, 2.45) is 5.92 Å². The van der Waals surface area contributed by atoms with E-state index in [1.54, 1.807) is 24.3 Å². The fourth-order valence-corrected chi connectivity index (χ4v) is 4.50. The van der Waals surface area contributed by atoms with E-state index in [0.29, 0.717) is 43.4 Å². The highest BCUT2D eigenvalue weighted by molar-refractivity contribution is 6.44. The summed E-state index contributed by atoms with van der Waals surface area (Å²) in [6, 6.07) is 6.92. The smallest absolute Gasteiger partial charge is 0.490 e. The standard InChI is InChI=1S/C23H34O9Si/c1-5-31-33(32-6-2)15-7-8-18(16-20(24)25)22(27)30-14-13-29-19-11-9-17(10-12-19)21(26)23(3,4)28/h9-12,18,28H,5-8,13-16H2,1-4H3/p+1. The van der Waals surface area contributed by atoms with Gasteiger partial charge >= 0.3 is 21.2 Å². The van der Waals surface area contributed by atoms with Crippen molar-refractivity contribution in [2.45, 2.75) is 58.6 Å². The topological polar surface area (TPSA) is 129 Å². The van der Waals surface area contributed by atoms with Crippen molar-refractivity contribution in [3.63, 3.8) is 0 Å². The number of aliphatic hydroxyl groups is 1. The predicted octanol–water partition coefficient (Wildman–Crippen LogP) is 2.99. The SMILES string of the molecule is CCO[Si+](CCCC(CC(=O)O)C(=O)OCCOc1ccc(C(=O)C(C)(C)O)cc1)OCC. The highest BCUT2D eigenvalue weighted by atomic mass is 28.3. The molecule has 0 radical (unpaired) electrons. The number of carbonyl (C=O) groups is 3.